The summed E-state index contributed by atoms with van der Waals surface area (Å²) in [6, 6.07) is 21.2. The number of fused-ring (bicyclic) bond motifs is 2. The Balaban J connectivity index is 1.62. The van der Waals surface area contributed by atoms with E-state index in [-0.39, 0.29) is 17.9 Å². The molecule has 128 valence electrons. The number of nitrogens with one attached hydrogen (secondary N) is 1. The van der Waals surface area contributed by atoms with E-state index in [2.05, 4.69) is 51.2 Å². The van der Waals surface area contributed by atoms with Crippen molar-refractivity contribution in [2.24, 2.45) is 0 Å². The third-order valence-corrected chi connectivity index (χ3v) is 5.01. The summed E-state index contributed by atoms with van der Waals surface area (Å²) in [5, 5.41) is 17.9. The smallest absolute Gasteiger partial charge is 0.243 e. The summed E-state index contributed by atoms with van der Waals surface area (Å²) in [5.74, 6) is 0.392. The van der Waals surface area contributed by atoms with Crippen molar-refractivity contribution in [1.29, 1.82) is 0 Å². The Bertz CT molecular complexity index is 1070. The minimum Gasteiger partial charge on any atom is -0.346 e. The van der Waals surface area contributed by atoms with Crippen LogP contribution in [-0.4, -0.2) is 20.2 Å². The summed E-state index contributed by atoms with van der Waals surface area (Å²) >= 11 is 0. The Morgan fingerprint density at radius 1 is 0.962 bits per heavy atom. The van der Waals surface area contributed by atoms with Crippen LogP contribution in [0.15, 0.2) is 66.7 Å². The molecule has 0 saturated carbocycles. The summed E-state index contributed by atoms with van der Waals surface area (Å²) in [6.45, 7) is 0. The highest BCUT2D eigenvalue weighted by atomic mass is 19.1. The van der Waals surface area contributed by atoms with Crippen LogP contribution in [0.25, 0.3) is 10.8 Å². The lowest BCUT2D eigenvalue weighted by Gasteiger charge is -2.31. The standard InChI is InChI=1S/C20H16FN5/c21-15-10-8-14(9-11-15)18-12-19(26-20(22-18)23-24-25-26)17-7-3-5-13-4-1-2-6-16(13)17/h1-11,18-19H,12H2,(H,22,23,25)/t18-,19-/m1/s1. The first-order chi connectivity index (χ1) is 12.8. The van der Waals surface area contributed by atoms with E-state index >= 15 is 0 Å². The summed E-state index contributed by atoms with van der Waals surface area (Å²) in [4.78, 5) is 0. The van der Waals surface area contributed by atoms with E-state index in [0.717, 1.165) is 12.0 Å². The van der Waals surface area contributed by atoms with E-state index in [1.54, 1.807) is 0 Å². The van der Waals surface area contributed by atoms with Gasteiger partial charge in [-0.1, -0.05) is 59.7 Å². The number of anilines is 1. The zero-order chi connectivity index (χ0) is 17.5. The fourth-order valence-electron chi connectivity index (χ4n) is 3.75. The van der Waals surface area contributed by atoms with E-state index in [1.807, 2.05) is 28.9 Å². The molecule has 0 saturated heterocycles. The first-order valence-corrected chi connectivity index (χ1v) is 8.57. The van der Waals surface area contributed by atoms with Gasteiger partial charge >= 0.3 is 0 Å². The SMILES string of the molecule is Fc1ccc([C@H]2C[C@H](c3cccc4ccccc34)n3nnnc3N2)cc1. The quantitative estimate of drug-likeness (QED) is 0.594. The van der Waals surface area contributed by atoms with Gasteiger partial charge in [0, 0.05) is 0 Å². The van der Waals surface area contributed by atoms with Gasteiger partial charge in [0.2, 0.25) is 5.95 Å². The molecule has 0 spiro atoms. The third-order valence-electron chi connectivity index (χ3n) is 5.01. The Morgan fingerprint density at radius 3 is 2.65 bits per heavy atom. The van der Waals surface area contributed by atoms with Crippen molar-refractivity contribution in [1.82, 2.24) is 20.2 Å². The van der Waals surface area contributed by atoms with Crippen LogP contribution < -0.4 is 5.32 Å². The molecule has 0 bridgehead atoms. The third kappa shape index (κ3) is 2.42. The molecule has 4 aromatic rings. The summed E-state index contributed by atoms with van der Waals surface area (Å²) in [7, 11) is 0. The maximum atomic E-state index is 13.3. The second-order valence-corrected chi connectivity index (χ2v) is 6.52. The normalized spacial score (nSPS) is 19.1. The van der Waals surface area contributed by atoms with Gasteiger partial charge < -0.3 is 5.32 Å². The van der Waals surface area contributed by atoms with Crippen molar-refractivity contribution >= 4 is 16.7 Å². The average molecular weight is 345 g/mol. The molecule has 0 amide bonds. The largest absolute Gasteiger partial charge is 0.346 e. The van der Waals surface area contributed by atoms with E-state index in [9.17, 15) is 4.39 Å². The number of benzene rings is 3. The highest BCUT2D eigenvalue weighted by Gasteiger charge is 2.31. The van der Waals surface area contributed by atoms with Crippen LogP contribution in [0, 0.1) is 5.82 Å². The van der Waals surface area contributed by atoms with Crippen molar-refractivity contribution in [3.63, 3.8) is 0 Å². The number of hydrogen-bond acceptors (Lipinski definition) is 4. The zero-order valence-corrected chi connectivity index (χ0v) is 13.9. The van der Waals surface area contributed by atoms with Crippen LogP contribution in [0.5, 0.6) is 0 Å². The summed E-state index contributed by atoms with van der Waals surface area (Å²) in [5.41, 5.74) is 2.20. The molecule has 1 aliphatic heterocycles. The van der Waals surface area contributed by atoms with Crippen molar-refractivity contribution in [2.45, 2.75) is 18.5 Å². The van der Waals surface area contributed by atoms with Crippen LogP contribution in [0.1, 0.15) is 29.6 Å². The topological polar surface area (TPSA) is 55.6 Å². The molecular weight excluding hydrogens is 329 g/mol. The molecule has 0 radical (unpaired) electrons. The first-order valence-electron chi connectivity index (χ1n) is 8.57. The maximum Gasteiger partial charge on any atom is 0.243 e. The Labute approximate surface area is 149 Å². The molecule has 1 aromatic heterocycles. The van der Waals surface area contributed by atoms with Gasteiger partial charge in [-0.05, 0) is 50.9 Å². The van der Waals surface area contributed by atoms with Gasteiger partial charge in [0.15, 0.2) is 0 Å². The molecule has 1 N–H and O–H groups in total. The van der Waals surface area contributed by atoms with Gasteiger partial charge in [-0.25, -0.2) is 9.07 Å². The number of rotatable bonds is 2. The van der Waals surface area contributed by atoms with Crippen molar-refractivity contribution < 1.29 is 4.39 Å². The minimum atomic E-state index is -0.236. The molecule has 0 aliphatic carbocycles. The lowest BCUT2D eigenvalue weighted by atomic mass is 9.90. The van der Waals surface area contributed by atoms with Crippen molar-refractivity contribution in [3.05, 3.63) is 83.7 Å². The van der Waals surface area contributed by atoms with E-state index in [0.29, 0.717) is 5.95 Å². The second kappa shape index (κ2) is 5.91. The van der Waals surface area contributed by atoms with E-state index in [4.69, 9.17) is 0 Å². The number of hydrogen-bond donors (Lipinski definition) is 1. The molecule has 26 heavy (non-hydrogen) atoms. The fourth-order valence-corrected chi connectivity index (χ4v) is 3.75. The summed E-state index contributed by atoms with van der Waals surface area (Å²) in [6.07, 6.45) is 0.775. The Hall–Kier alpha value is -3.28. The second-order valence-electron chi connectivity index (χ2n) is 6.52. The van der Waals surface area contributed by atoms with Gasteiger partial charge in [-0.15, -0.1) is 0 Å². The van der Waals surface area contributed by atoms with Crippen molar-refractivity contribution in [3.8, 4) is 0 Å². The lowest BCUT2D eigenvalue weighted by molar-refractivity contribution is 0.426. The van der Waals surface area contributed by atoms with Crippen LogP contribution in [0.2, 0.25) is 0 Å². The predicted octanol–water partition coefficient (Wildman–Crippen LogP) is 4.11. The number of halogens is 1. The Morgan fingerprint density at radius 2 is 1.77 bits per heavy atom. The monoisotopic (exact) mass is 345 g/mol. The number of aromatic nitrogens is 4. The Kier molecular flexibility index (Phi) is 3.41. The highest BCUT2D eigenvalue weighted by Crippen LogP contribution is 2.39. The zero-order valence-electron chi connectivity index (χ0n) is 13.9. The molecule has 0 fully saturated rings. The van der Waals surface area contributed by atoms with E-state index < -0.39 is 0 Å². The molecule has 3 aromatic carbocycles. The first kappa shape index (κ1) is 15.0. The molecular formula is C20H16FN5. The molecule has 5 nitrogen and oxygen atoms in total. The maximum absolute atomic E-state index is 13.3. The molecule has 6 heteroatoms. The molecule has 0 unspecified atom stereocenters. The molecule has 1 aliphatic rings. The predicted molar refractivity (Wildman–Crippen MR) is 97.3 cm³/mol. The van der Waals surface area contributed by atoms with Crippen LogP contribution in [0.4, 0.5) is 10.3 Å². The fraction of sp³-hybridized carbons (Fsp3) is 0.150. The van der Waals surface area contributed by atoms with E-state index in [1.165, 1.54) is 28.5 Å². The highest BCUT2D eigenvalue weighted by molar-refractivity contribution is 5.86. The molecule has 2 atom stereocenters. The summed E-state index contributed by atoms with van der Waals surface area (Å²) < 4.78 is 15.1. The molecule has 2 heterocycles. The number of tetrazole rings is 1. The number of nitrogens with zero attached hydrogens (tertiary/aromatic N) is 4. The van der Waals surface area contributed by atoms with Crippen molar-refractivity contribution in [2.75, 3.05) is 5.32 Å². The van der Waals surface area contributed by atoms with Gasteiger partial charge in [0.25, 0.3) is 0 Å². The lowest BCUT2D eigenvalue weighted by Crippen LogP contribution is -2.28. The van der Waals surface area contributed by atoms with Crippen LogP contribution in [0.3, 0.4) is 0 Å². The average Bonchev–Trinajstić information content (AvgIpc) is 3.16. The van der Waals surface area contributed by atoms with Gasteiger partial charge in [0.05, 0.1) is 12.1 Å². The van der Waals surface area contributed by atoms with Gasteiger partial charge in [0.1, 0.15) is 5.82 Å². The van der Waals surface area contributed by atoms with Gasteiger partial charge in [-0.3, -0.25) is 0 Å². The minimum absolute atomic E-state index is 0.00223. The van der Waals surface area contributed by atoms with Crippen LogP contribution in [-0.2, 0) is 0 Å². The van der Waals surface area contributed by atoms with Gasteiger partial charge in [-0.2, -0.15) is 0 Å². The molecule has 5 rings (SSSR count). The van der Waals surface area contributed by atoms with Crippen LogP contribution >= 0.6 is 0 Å².